The molecule has 0 aliphatic heterocycles. The van der Waals surface area contributed by atoms with Gasteiger partial charge in [0.2, 0.25) is 0 Å². The Morgan fingerprint density at radius 2 is 1.83 bits per heavy atom. The minimum absolute atomic E-state index is 0.00573. The van der Waals surface area contributed by atoms with Crippen LogP contribution < -0.4 is 5.73 Å². The maximum atomic E-state index is 5.96. The molecule has 0 aliphatic carbocycles. The van der Waals surface area contributed by atoms with Gasteiger partial charge in [0, 0.05) is 5.56 Å². The standard InChI is InChI=1S/C14H19N3S/c1-4-12(15)14-17-16-13(18-14)11-7-5-10(6-8-11)9(2)3/h5-9,12H,4,15H2,1-3H3. The summed E-state index contributed by atoms with van der Waals surface area (Å²) in [7, 11) is 0. The molecule has 0 amide bonds. The van der Waals surface area contributed by atoms with Crippen molar-refractivity contribution in [3.63, 3.8) is 0 Å². The van der Waals surface area contributed by atoms with Crippen molar-refractivity contribution in [2.75, 3.05) is 0 Å². The van der Waals surface area contributed by atoms with E-state index < -0.39 is 0 Å². The maximum Gasteiger partial charge on any atom is 0.147 e. The Morgan fingerprint density at radius 1 is 1.17 bits per heavy atom. The fourth-order valence-electron chi connectivity index (χ4n) is 1.69. The van der Waals surface area contributed by atoms with E-state index in [1.165, 1.54) is 5.56 Å². The van der Waals surface area contributed by atoms with Gasteiger partial charge in [0.15, 0.2) is 0 Å². The van der Waals surface area contributed by atoms with Crippen molar-refractivity contribution in [2.24, 2.45) is 5.73 Å². The summed E-state index contributed by atoms with van der Waals surface area (Å²) in [6, 6.07) is 8.53. The molecule has 0 saturated heterocycles. The van der Waals surface area contributed by atoms with Gasteiger partial charge in [-0.1, -0.05) is 56.4 Å². The molecule has 0 spiro atoms. The van der Waals surface area contributed by atoms with E-state index in [1.807, 2.05) is 0 Å². The normalized spacial score (nSPS) is 12.9. The molecule has 0 saturated carbocycles. The molecule has 1 unspecified atom stereocenters. The monoisotopic (exact) mass is 261 g/mol. The Labute approximate surface area is 112 Å². The molecular formula is C14H19N3S. The van der Waals surface area contributed by atoms with E-state index in [0.29, 0.717) is 5.92 Å². The average molecular weight is 261 g/mol. The summed E-state index contributed by atoms with van der Waals surface area (Å²) in [5.41, 5.74) is 8.42. The average Bonchev–Trinajstić information content (AvgIpc) is 2.87. The minimum atomic E-state index is 0.00573. The molecule has 2 rings (SSSR count). The molecule has 0 fully saturated rings. The highest BCUT2D eigenvalue weighted by atomic mass is 32.1. The third-order valence-electron chi connectivity index (χ3n) is 3.02. The van der Waals surface area contributed by atoms with Gasteiger partial charge in [0.05, 0.1) is 6.04 Å². The van der Waals surface area contributed by atoms with Crippen molar-refractivity contribution in [3.8, 4) is 10.6 Å². The van der Waals surface area contributed by atoms with Crippen LogP contribution in [0.4, 0.5) is 0 Å². The van der Waals surface area contributed by atoms with E-state index in [-0.39, 0.29) is 6.04 Å². The molecule has 0 aliphatic rings. The number of hydrogen-bond acceptors (Lipinski definition) is 4. The quantitative estimate of drug-likeness (QED) is 0.912. The third kappa shape index (κ3) is 2.76. The minimum Gasteiger partial charge on any atom is -0.322 e. The van der Waals surface area contributed by atoms with Crippen molar-refractivity contribution in [1.82, 2.24) is 10.2 Å². The lowest BCUT2D eigenvalue weighted by Gasteiger charge is -2.05. The molecule has 1 aromatic heterocycles. The van der Waals surface area contributed by atoms with Gasteiger partial charge in [-0.05, 0) is 17.9 Å². The summed E-state index contributed by atoms with van der Waals surface area (Å²) >= 11 is 1.59. The van der Waals surface area contributed by atoms with Gasteiger partial charge in [0.25, 0.3) is 0 Å². The first-order chi connectivity index (χ1) is 8.61. The van der Waals surface area contributed by atoms with E-state index in [4.69, 9.17) is 5.73 Å². The number of benzene rings is 1. The summed E-state index contributed by atoms with van der Waals surface area (Å²) in [5, 5.41) is 10.2. The highest BCUT2D eigenvalue weighted by Gasteiger charge is 2.11. The van der Waals surface area contributed by atoms with E-state index in [0.717, 1.165) is 22.0 Å². The first-order valence-corrected chi connectivity index (χ1v) is 7.12. The number of hydrogen-bond donors (Lipinski definition) is 1. The molecule has 1 atom stereocenters. The van der Waals surface area contributed by atoms with Gasteiger partial charge >= 0.3 is 0 Å². The van der Waals surface area contributed by atoms with Crippen molar-refractivity contribution in [2.45, 2.75) is 39.2 Å². The molecule has 4 heteroatoms. The molecule has 96 valence electrons. The zero-order valence-corrected chi connectivity index (χ0v) is 11.9. The summed E-state index contributed by atoms with van der Waals surface area (Å²) in [6.07, 6.45) is 0.890. The lowest BCUT2D eigenvalue weighted by Crippen LogP contribution is -2.07. The van der Waals surface area contributed by atoms with Crippen molar-refractivity contribution < 1.29 is 0 Å². The predicted molar refractivity (Wildman–Crippen MR) is 76.7 cm³/mol. The second kappa shape index (κ2) is 5.59. The lowest BCUT2D eigenvalue weighted by molar-refractivity contribution is 0.683. The van der Waals surface area contributed by atoms with Crippen LogP contribution in [0.5, 0.6) is 0 Å². The van der Waals surface area contributed by atoms with Crippen LogP contribution in [0.1, 0.15) is 49.7 Å². The second-order valence-electron chi connectivity index (χ2n) is 4.74. The van der Waals surface area contributed by atoms with Gasteiger partial charge < -0.3 is 5.73 Å². The summed E-state index contributed by atoms with van der Waals surface area (Å²) in [6.45, 7) is 6.44. The fraction of sp³-hybridized carbons (Fsp3) is 0.429. The zero-order valence-electron chi connectivity index (χ0n) is 11.1. The molecular weight excluding hydrogens is 242 g/mol. The SMILES string of the molecule is CCC(N)c1nnc(-c2ccc(C(C)C)cc2)s1. The van der Waals surface area contributed by atoms with E-state index in [2.05, 4.69) is 55.2 Å². The van der Waals surface area contributed by atoms with Crippen LogP contribution in [-0.4, -0.2) is 10.2 Å². The molecule has 2 N–H and O–H groups in total. The topological polar surface area (TPSA) is 51.8 Å². The Morgan fingerprint density at radius 3 is 2.39 bits per heavy atom. The third-order valence-corrected chi connectivity index (χ3v) is 4.13. The largest absolute Gasteiger partial charge is 0.322 e. The van der Waals surface area contributed by atoms with Crippen LogP contribution in [0, 0.1) is 0 Å². The molecule has 1 aromatic carbocycles. The summed E-state index contributed by atoms with van der Waals surface area (Å²) in [4.78, 5) is 0. The summed E-state index contributed by atoms with van der Waals surface area (Å²) < 4.78 is 0. The van der Waals surface area contributed by atoms with Gasteiger partial charge in [-0.2, -0.15) is 0 Å². The van der Waals surface area contributed by atoms with E-state index in [1.54, 1.807) is 11.3 Å². The van der Waals surface area contributed by atoms with Crippen molar-refractivity contribution >= 4 is 11.3 Å². The van der Waals surface area contributed by atoms with E-state index >= 15 is 0 Å². The summed E-state index contributed by atoms with van der Waals surface area (Å²) in [5.74, 6) is 0.553. The smallest absolute Gasteiger partial charge is 0.147 e. The van der Waals surface area contributed by atoms with Crippen LogP contribution in [0.15, 0.2) is 24.3 Å². The predicted octanol–water partition coefficient (Wildman–Crippen LogP) is 3.74. The molecule has 3 nitrogen and oxygen atoms in total. The van der Waals surface area contributed by atoms with Crippen LogP contribution in [0.3, 0.4) is 0 Å². The molecule has 0 radical (unpaired) electrons. The van der Waals surface area contributed by atoms with Crippen LogP contribution in [-0.2, 0) is 0 Å². The number of nitrogens with zero attached hydrogens (tertiary/aromatic N) is 2. The Kier molecular flexibility index (Phi) is 4.09. The highest BCUT2D eigenvalue weighted by Crippen LogP contribution is 2.28. The first-order valence-electron chi connectivity index (χ1n) is 6.31. The van der Waals surface area contributed by atoms with Crippen LogP contribution >= 0.6 is 11.3 Å². The maximum absolute atomic E-state index is 5.96. The lowest BCUT2D eigenvalue weighted by atomic mass is 10.0. The Balaban J connectivity index is 2.23. The number of aromatic nitrogens is 2. The fourth-order valence-corrected chi connectivity index (χ4v) is 2.62. The molecule has 1 heterocycles. The van der Waals surface area contributed by atoms with Gasteiger partial charge in [-0.25, -0.2) is 0 Å². The van der Waals surface area contributed by atoms with Crippen molar-refractivity contribution in [3.05, 3.63) is 34.8 Å². The Bertz CT molecular complexity index is 502. The first kappa shape index (κ1) is 13.2. The van der Waals surface area contributed by atoms with Gasteiger partial charge in [0.1, 0.15) is 10.0 Å². The van der Waals surface area contributed by atoms with Crippen LogP contribution in [0.2, 0.25) is 0 Å². The van der Waals surface area contributed by atoms with Crippen molar-refractivity contribution in [1.29, 1.82) is 0 Å². The zero-order chi connectivity index (χ0) is 13.1. The Hall–Kier alpha value is -1.26. The second-order valence-corrected chi connectivity index (χ2v) is 5.75. The van der Waals surface area contributed by atoms with Gasteiger partial charge in [-0.15, -0.1) is 10.2 Å². The van der Waals surface area contributed by atoms with Crippen LogP contribution in [0.25, 0.3) is 10.6 Å². The van der Waals surface area contributed by atoms with Gasteiger partial charge in [-0.3, -0.25) is 0 Å². The highest BCUT2D eigenvalue weighted by molar-refractivity contribution is 7.14. The van der Waals surface area contributed by atoms with E-state index in [9.17, 15) is 0 Å². The number of rotatable bonds is 4. The number of nitrogens with two attached hydrogens (primary N) is 1. The molecule has 18 heavy (non-hydrogen) atoms. The molecule has 2 aromatic rings. The molecule has 0 bridgehead atoms.